The van der Waals surface area contributed by atoms with Crippen molar-refractivity contribution in [3.8, 4) is 0 Å². The third kappa shape index (κ3) is 3.54. The summed E-state index contributed by atoms with van der Waals surface area (Å²) < 4.78 is 1.67. The summed E-state index contributed by atoms with van der Waals surface area (Å²) in [6.07, 6.45) is 2.52. The van der Waals surface area contributed by atoms with Crippen LogP contribution in [0.25, 0.3) is 0 Å². The fraction of sp³-hybridized carbons (Fsp3) is 0.308. The van der Waals surface area contributed by atoms with E-state index in [4.69, 9.17) is 5.73 Å². The minimum atomic E-state index is 0.368. The van der Waals surface area contributed by atoms with Crippen molar-refractivity contribution in [3.05, 3.63) is 42.0 Å². The van der Waals surface area contributed by atoms with Gasteiger partial charge in [0.05, 0.1) is 0 Å². The highest BCUT2D eigenvalue weighted by Crippen LogP contribution is 2.09. The molecule has 0 bridgehead atoms. The molecule has 0 atom stereocenters. The normalized spacial score (nSPS) is 11.6. The van der Waals surface area contributed by atoms with Crippen molar-refractivity contribution in [2.45, 2.75) is 19.9 Å². The highest BCUT2D eigenvalue weighted by atomic mass is 15.3. The zero-order valence-electron chi connectivity index (χ0n) is 11.2. The number of nitrogens with zero attached hydrogens (tertiary/aromatic N) is 4. The van der Waals surface area contributed by atoms with E-state index in [9.17, 15) is 0 Å². The molecule has 0 fully saturated rings. The van der Waals surface area contributed by atoms with E-state index < -0.39 is 0 Å². The average molecular weight is 258 g/mol. The minimum Gasteiger partial charge on any atom is -0.370 e. The molecule has 100 valence electrons. The summed E-state index contributed by atoms with van der Waals surface area (Å²) in [5.41, 5.74) is 8.04. The topological polar surface area (TPSA) is 81.1 Å². The Balaban J connectivity index is 1.96. The zero-order chi connectivity index (χ0) is 13.7. The van der Waals surface area contributed by atoms with Crippen molar-refractivity contribution >= 4 is 11.6 Å². The van der Waals surface area contributed by atoms with Gasteiger partial charge >= 0.3 is 0 Å². The fourth-order valence-electron chi connectivity index (χ4n) is 1.63. The number of aromatic nitrogens is 3. The number of rotatable bonds is 4. The largest absolute Gasteiger partial charge is 0.370 e. The van der Waals surface area contributed by atoms with Crippen LogP contribution >= 0.6 is 0 Å². The van der Waals surface area contributed by atoms with Gasteiger partial charge in [-0.15, -0.1) is 0 Å². The minimum absolute atomic E-state index is 0.368. The lowest BCUT2D eigenvalue weighted by Gasteiger charge is -2.06. The maximum Gasteiger partial charge on any atom is 0.193 e. The monoisotopic (exact) mass is 258 g/mol. The van der Waals surface area contributed by atoms with Crippen molar-refractivity contribution < 1.29 is 0 Å². The van der Waals surface area contributed by atoms with Gasteiger partial charge in [-0.3, -0.25) is 4.68 Å². The third-order valence-corrected chi connectivity index (χ3v) is 2.83. The van der Waals surface area contributed by atoms with E-state index in [0.29, 0.717) is 12.5 Å². The Labute approximate surface area is 112 Å². The first kappa shape index (κ1) is 13.1. The first-order chi connectivity index (χ1) is 9.19. The molecule has 0 saturated heterocycles. The van der Waals surface area contributed by atoms with Crippen LogP contribution in [0.4, 0.5) is 5.69 Å². The Morgan fingerprint density at radius 3 is 2.68 bits per heavy atom. The van der Waals surface area contributed by atoms with Crippen LogP contribution in [0.1, 0.15) is 18.3 Å². The van der Waals surface area contributed by atoms with Crippen LogP contribution in [0.3, 0.4) is 0 Å². The standard InChI is InChI=1S/C13H18N6/c1-3-10-4-6-11(7-5-10)18-13(14)15-8-12-16-9-17-19(12)2/h4-7,9H,3,8H2,1-2H3,(H3,14,15,18). The number of benzene rings is 1. The quantitative estimate of drug-likeness (QED) is 0.640. The van der Waals surface area contributed by atoms with Crippen molar-refractivity contribution in [1.29, 1.82) is 0 Å². The summed E-state index contributed by atoms with van der Waals surface area (Å²) in [5, 5.41) is 7.02. The van der Waals surface area contributed by atoms with E-state index >= 15 is 0 Å². The summed E-state index contributed by atoms with van der Waals surface area (Å²) in [7, 11) is 1.82. The Kier molecular flexibility index (Phi) is 4.12. The summed E-state index contributed by atoms with van der Waals surface area (Å²) in [5.74, 6) is 1.14. The van der Waals surface area contributed by atoms with Gasteiger partial charge in [-0.25, -0.2) is 9.98 Å². The lowest BCUT2D eigenvalue weighted by Crippen LogP contribution is -2.22. The molecule has 6 nitrogen and oxygen atoms in total. The van der Waals surface area contributed by atoms with Crippen LogP contribution in [0, 0.1) is 0 Å². The Morgan fingerprint density at radius 2 is 2.11 bits per heavy atom. The van der Waals surface area contributed by atoms with E-state index in [1.54, 1.807) is 4.68 Å². The predicted octanol–water partition coefficient (Wildman–Crippen LogP) is 1.30. The summed E-state index contributed by atoms with van der Waals surface area (Å²) in [4.78, 5) is 8.30. The highest BCUT2D eigenvalue weighted by molar-refractivity contribution is 5.92. The molecular formula is C13H18N6. The zero-order valence-corrected chi connectivity index (χ0v) is 11.2. The molecule has 0 radical (unpaired) electrons. The van der Waals surface area contributed by atoms with Crippen LogP contribution in [-0.2, 0) is 20.0 Å². The molecule has 2 aromatic rings. The van der Waals surface area contributed by atoms with Crippen molar-refractivity contribution in [3.63, 3.8) is 0 Å². The van der Waals surface area contributed by atoms with E-state index in [1.165, 1.54) is 11.9 Å². The Morgan fingerprint density at radius 1 is 1.37 bits per heavy atom. The second-order valence-electron chi connectivity index (χ2n) is 4.18. The van der Waals surface area contributed by atoms with E-state index in [2.05, 4.69) is 39.4 Å². The number of aliphatic imine (C=N–C) groups is 1. The second-order valence-corrected chi connectivity index (χ2v) is 4.18. The molecule has 19 heavy (non-hydrogen) atoms. The van der Waals surface area contributed by atoms with Crippen molar-refractivity contribution in [1.82, 2.24) is 14.8 Å². The second kappa shape index (κ2) is 5.99. The molecule has 1 heterocycles. The third-order valence-electron chi connectivity index (χ3n) is 2.83. The molecule has 1 aromatic carbocycles. The van der Waals surface area contributed by atoms with Gasteiger partial charge in [0.2, 0.25) is 0 Å². The van der Waals surface area contributed by atoms with Crippen molar-refractivity contribution in [2.24, 2.45) is 17.8 Å². The van der Waals surface area contributed by atoms with Gasteiger partial charge in [-0.2, -0.15) is 5.10 Å². The predicted molar refractivity (Wildman–Crippen MR) is 75.8 cm³/mol. The van der Waals surface area contributed by atoms with Gasteiger partial charge in [-0.1, -0.05) is 19.1 Å². The Hall–Kier alpha value is -2.37. The molecule has 3 N–H and O–H groups in total. The van der Waals surface area contributed by atoms with Crippen LogP contribution in [0.5, 0.6) is 0 Å². The van der Waals surface area contributed by atoms with Gasteiger partial charge in [0.1, 0.15) is 18.7 Å². The van der Waals surface area contributed by atoms with Crippen LogP contribution < -0.4 is 11.1 Å². The summed E-state index contributed by atoms with van der Waals surface area (Å²) >= 11 is 0. The van der Waals surface area contributed by atoms with Crippen molar-refractivity contribution in [2.75, 3.05) is 5.32 Å². The molecule has 2 rings (SSSR count). The molecule has 0 unspecified atom stereocenters. The van der Waals surface area contributed by atoms with Gasteiger partial charge in [0.25, 0.3) is 0 Å². The molecule has 1 aromatic heterocycles. The van der Waals surface area contributed by atoms with Gasteiger partial charge < -0.3 is 11.1 Å². The van der Waals surface area contributed by atoms with Crippen LogP contribution in [0.2, 0.25) is 0 Å². The van der Waals surface area contributed by atoms with E-state index in [1.807, 2.05) is 19.2 Å². The van der Waals surface area contributed by atoms with Crippen LogP contribution in [-0.4, -0.2) is 20.7 Å². The molecular weight excluding hydrogens is 240 g/mol. The number of hydrogen-bond acceptors (Lipinski definition) is 3. The van der Waals surface area contributed by atoms with Gasteiger partial charge in [-0.05, 0) is 24.1 Å². The molecule has 0 spiro atoms. The highest BCUT2D eigenvalue weighted by Gasteiger charge is 2.00. The molecule has 0 aliphatic rings. The molecule has 0 amide bonds. The van der Waals surface area contributed by atoms with E-state index in [0.717, 1.165) is 17.9 Å². The summed E-state index contributed by atoms with van der Waals surface area (Å²) in [6, 6.07) is 8.11. The SMILES string of the molecule is CCc1ccc(NC(N)=NCc2ncnn2C)cc1. The number of hydrogen-bond donors (Lipinski definition) is 2. The molecule has 0 aliphatic heterocycles. The van der Waals surface area contributed by atoms with Gasteiger partial charge in [0, 0.05) is 12.7 Å². The first-order valence-electron chi connectivity index (χ1n) is 6.17. The smallest absolute Gasteiger partial charge is 0.193 e. The lowest BCUT2D eigenvalue weighted by atomic mass is 10.1. The fourth-order valence-corrected chi connectivity index (χ4v) is 1.63. The number of nitrogens with one attached hydrogen (secondary N) is 1. The summed E-state index contributed by atoms with van der Waals surface area (Å²) in [6.45, 7) is 2.53. The number of aryl methyl sites for hydroxylation is 2. The number of guanidine groups is 1. The lowest BCUT2D eigenvalue weighted by molar-refractivity contribution is 0.702. The first-order valence-corrected chi connectivity index (χ1v) is 6.17. The van der Waals surface area contributed by atoms with Crippen LogP contribution in [0.15, 0.2) is 35.6 Å². The number of nitrogens with two attached hydrogens (primary N) is 1. The van der Waals surface area contributed by atoms with E-state index in [-0.39, 0.29) is 0 Å². The molecule has 6 heteroatoms. The molecule has 0 saturated carbocycles. The maximum absolute atomic E-state index is 5.82. The number of anilines is 1. The van der Waals surface area contributed by atoms with Gasteiger partial charge in [0.15, 0.2) is 5.96 Å². The molecule has 0 aliphatic carbocycles. The average Bonchev–Trinajstić information content (AvgIpc) is 2.83. The Bertz CT molecular complexity index is 555. The maximum atomic E-state index is 5.82.